The number of halogens is 1. The van der Waals surface area contributed by atoms with Crippen LogP contribution in [-0.2, 0) is 13.0 Å². The number of nitrogens with one attached hydrogen (secondary N) is 1. The first-order valence-corrected chi connectivity index (χ1v) is 9.54. The fraction of sp³-hybridized carbons (Fsp3) is 0.600. The molecule has 0 amide bonds. The molecule has 2 aliphatic rings. The van der Waals surface area contributed by atoms with Crippen LogP contribution in [0.3, 0.4) is 0 Å². The van der Waals surface area contributed by atoms with Crippen LogP contribution in [0.25, 0.3) is 11.4 Å². The maximum absolute atomic E-state index is 13.2. The van der Waals surface area contributed by atoms with E-state index in [2.05, 4.69) is 33.9 Å². The molecule has 4 atom stereocenters. The van der Waals surface area contributed by atoms with Crippen LogP contribution in [0.5, 0.6) is 0 Å². The van der Waals surface area contributed by atoms with Crippen molar-refractivity contribution in [1.29, 1.82) is 0 Å². The number of hydrogen-bond donors (Lipinski definition) is 1. The van der Waals surface area contributed by atoms with Gasteiger partial charge in [0.05, 0.1) is 0 Å². The van der Waals surface area contributed by atoms with Crippen LogP contribution < -0.4 is 5.32 Å². The first-order chi connectivity index (χ1) is 12.1. The molecule has 1 fully saturated rings. The van der Waals surface area contributed by atoms with E-state index in [0.29, 0.717) is 12.1 Å². The molecule has 1 aromatic carbocycles. The summed E-state index contributed by atoms with van der Waals surface area (Å²) in [5.41, 5.74) is 0.931. The molecule has 1 aliphatic carbocycles. The van der Waals surface area contributed by atoms with E-state index in [9.17, 15) is 4.39 Å². The fourth-order valence-corrected chi connectivity index (χ4v) is 4.34. The number of rotatable bonds is 3. The van der Waals surface area contributed by atoms with E-state index >= 15 is 0 Å². The van der Waals surface area contributed by atoms with Gasteiger partial charge in [0, 0.05) is 30.6 Å². The molecule has 1 saturated carbocycles. The van der Waals surface area contributed by atoms with Crippen molar-refractivity contribution in [2.24, 2.45) is 11.8 Å². The minimum atomic E-state index is -0.220. The number of hydrogen-bond acceptors (Lipinski definition) is 3. The molecule has 2 aromatic rings. The van der Waals surface area contributed by atoms with Gasteiger partial charge in [0.15, 0.2) is 5.82 Å². The van der Waals surface area contributed by atoms with Crippen molar-refractivity contribution in [2.75, 3.05) is 0 Å². The molecule has 1 N–H and O–H groups in total. The molecule has 0 saturated heterocycles. The van der Waals surface area contributed by atoms with Gasteiger partial charge in [-0.05, 0) is 55.4 Å². The molecule has 4 rings (SSSR count). The monoisotopic (exact) mass is 342 g/mol. The summed E-state index contributed by atoms with van der Waals surface area (Å²) in [7, 11) is 0. The van der Waals surface area contributed by atoms with Gasteiger partial charge in [0.1, 0.15) is 11.6 Å². The predicted molar refractivity (Wildman–Crippen MR) is 96.6 cm³/mol. The summed E-state index contributed by atoms with van der Waals surface area (Å²) in [6, 6.07) is 7.62. The van der Waals surface area contributed by atoms with Crippen LogP contribution in [-0.4, -0.2) is 26.8 Å². The molecular weight excluding hydrogens is 315 g/mol. The third-order valence-corrected chi connectivity index (χ3v) is 5.96. The van der Waals surface area contributed by atoms with E-state index in [0.717, 1.165) is 48.4 Å². The van der Waals surface area contributed by atoms with E-state index in [4.69, 9.17) is 0 Å². The minimum Gasteiger partial charge on any atom is -0.309 e. The zero-order valence-electron chi connectivity index (χ0n) is 15.1. The first kappa shape index (κ1) is 16.7. The molecule has 0 bridgehead atoms. The smallest absolute Gasteiger partial charge is 0.164 e. The Balaban J connectivity index is 1.50. The topological polar surface area (TPSA) is 42.7 Å². The lowest BCUT2D eigenvalue weighted by atomic mass is 9.79. The van der Waals surface area contributed by atoms with E-state index < -0.39 is 0 Å². The Labute approximate surface area is 148 Å². The van der Waals surface area contributed by atoms with E-state index in [1.54, 1.807) is 12.1 Å². The van der Waals surface area contributed by atoms with E-state index in [1.165, 1.54) is 31.4 Å². The lowest BCUT2D eigenvalue weighted by Gasteiger charge is -2.37. The standard InChI is InChI=1S/C20H27FN4/c1-13-3-4-14(2)18(11-13)22-17-9-10-19-23-24-20(25(19)12-17)15-5-7-16(21)8-6-15/h5-8,13-14,17-18,22H,3-4,9-12H2,1-2H3. The predicted octanol–water partition coefficient (Wildman–Crippen LogP) is 3.81. The fourth-order valence-electron chi connectivity index (χ4n) is 4.34. The Morgan fingerprint density at radius 1 is 1.08 bits per heavy atom. The summed E-state index contributed by atoms with van der Waals surface area (Å²) in [6.45, 7) is 5.64. The van der Waals surface area contributed by atoms with Crippen LogP contribution in [0.4, 0.5) is 4.39 Å². The summed E-state index contributed by atoms with van der Waals surface area (Å²) in [5.74, 6) is 3.24. The first-order valence-electron chi connectivity index (χ1n) is 9.54. The second-order valence-electron chi connectivity index (χ2n) is 7.96. The van der Waals surface area contributed by atoms with Gasteiger partial charge in [-0.1, -0.05) is 20.3 Å². The van der Waals surface area contributed by atoms with Crippen LogP contribution >= 0.6 is 0 Å². The molecule has 1 aromatic heterocycles. The maximum Gasteiger partial charge on any atom is 0.164 e. The van der Waals surface area contributed by atoms with E-state index in [-0.39, 0.29) is 5.82 Å². The van der Waals surface area contributed by atoms with Gasteiger partial charge < -0.3 is 9.88 Å². The van der Waals surface area contributed by atoms with Crippen molar-refractivity contribution >= 4 is 0 Å². The highest BCUT2D eigenvalue weighted by molar-refractivity contribution is 5.55. The lowest BCUT2D eigenvalue weighted by Crippen LogP contribution is -2.48. The Morgan fingerprint density at radius 3 is 2.68 bits per heavy atom. The van der Waals surface area contributed by atoms with Crippen molar-refractivity contribution < 1.29 is 4.39 Å². The van der Waals surface area contributed by atoms with Crippen molar-refractivity contribution in [1.82, 2.24) is 20.1 Å². The number of benzene rings is 1. The summed E-state index contributed by atoms with van der Waals surface area (Å²) in [5, 5.41) is 12.6. The van der Waals surface area contributed by atoms with Crippen molar-refractivity contribution in [3.63, 3.8) is 0 Å². The third-order valence-electron chi connectivity index (χ3n) is 5.96. The maximum atomic E-state index is 13.2. The average Bonchev–Trinajstić information content (AvgIpc) is 3.02. The van der Waals surface area contributed by atoms with E-state index in [1.807, 2.05) is 0 Å². The summed E-state index contributed by atoms with van der Waals surface area (Å²) >= 11 is 0. The molecule has 0 spiro atoms. The van der Waals surface area contributed by atoms with Gasteiger partial charge in [-0.25, -0.2) is 4.39 Å². The van der Waals surface area contributed by atoms with Gasteiger partial charge in [0.25, 0.3) is 0 Å². The quantitative estimate of drug-likeness (QED) is 0.922. The molecule has 25 heavy (non-hydrogen) atoms. The van der Waals surface area contributed by atoms with Crippen LogP contribution in [0.1, 0.15) is 45.4 Å². The minimum absolute atomic E-state index is 0.220. The highest BCUT2D eigenvalue weighted by atomic mass is 19.1. The van der Waals surface area contributed by atoms with Crippen LogP contribution in [0.2, 0.25) is 0 Å². The normalized spacial score (nSPS) is 29.4. The number of fused-ring (bicyclic) bond motifs is 1. The molecular formula is C20H27FN4. The molecule has 0 radical (unpaired) electrons. The highest BCUT2D eigenvalue weighted by Gasteiger charge is 2.30. The Hall–Kier alpha value is -1.75. The SMILES string of the molecule is CC1CCC(C)C(NC2CCc3nnc(-c4ccc(F)cc4)n3C2)C1. The molecule has 4 unspecified atom stereocenters. The van der Waals surface area contributed by atoms with Gasteiger partial charge >= 0.3 is 0 Å². The van der Waals surface area contributed by atoms with Crippen molar-refractivity contribution in [3.05, 3.63) is 35.9 Å². The van der Waals surface area contributed by atoms with Gasteiger partial charge in [0.2, 0.25) is 0 Å². The van der Waals surface area contributed by atoms with Crippen molar-refractivity contribution in [2.45, 2.75) is 64.6 Å². The molecule has 134 valence electrons. The molecule has 4 nitrogen and oxygen atoms in total. The largest absolute Gasteiger partial charge is 0.309 e. The van der Waals surface area contributed by atoms with Crippen LogP contribution in [0, 0.1) is 17.7 Å². The number of aryl methyl sites for hydroxylation is 1. The number of aromatic nitrogens is 3. The Kier molecular flexibility index (Phi) is 4.59. The van der Waals surface area contributed by atoms with Crippen molar-refractivity contribution in [3.8, 4) is 11.4 Å². The highest BCUT2D eigenvalue weighted by Crippen LogP contribution is 2.30. The molecule has 2 heterocycles. The second kappa shape index (κ2) is 6.87. The average molecular weight is 342 g/mol. The zero-order valence-corrected chi connectivity index (χ0v) is 15.1. The Morgan fingerprint density at radius 2 is 1.88 bits per heavy atom. The molecule has 5 heteroatoms. The summed E-state index contributed by atoms with van der Waals surface area (Å²) in [4.78, 5) is 0. The lowest BCUT2D eigenvalue weighted by molar-refractivity contribution is 0.199. The second-order valence-corrected chi connectivity index (χ2v) is 7.96. The van der Waals surface area contributed by atoms with Gasteiger partial charge in [-0.2, -0.15) is 0 Å². The van der Waals surface area contributed by atoms with Gasteiger partial charge in [-0.3, -0.25) is 0 Å². The summed E-state index contributed by atoms with van der Waals surface area (Å²) in [6.07, 6.45) is 6.01. The summed E-state index contributed by atoms with van der Waals surface area (Å²) < 4.78 is 15.4. The zero-order chi connectivity index (χ0) is 17.4. The Bertz CT molecular complexity index is 724. The third kappa shape index (κ3) is 3.47. The van der Waals surface area contributed by atoms with Gasteiger partial charge in [-0.15, -0.1) is 10.2 Å². The number of nitrogens with zero attached hydrogens (tertiary/aromatic N) is 3. The van der Waals surface area contributed by atoms with Crippen LogP contribution in [0.15, 0.2) is 24.3 Å². The molecule has 1 aliphatic heterocycles.